The summed E-state index contributed by atoms with van der Waals surface area (Å²) in [4.78, 5) is 14.0. The van der Waals surface area contributed by atoms with Crippen LogP contribution in [0.2, 0.25) is 0 Å². The highest BCUT2D eigenvalue weighted by atomic mass is 19.1. The molecule has 0 saturated carbocycles. The number of hydrogen-bond acceptors (Lipinski definition) is 6. The molecule has 0 aliphatic carbocycles. The molecule has 2 aromatic rings. The summed E-state index contributed by atoms with van der Waals surface area (Å²) in [5, 5.41) is 18.3. The standard InChI is InChI=1S/C17H18FN3O4/c18-13-3-1-4-14(9-13)25-12-17(23)10-21(7-8-24-11-17)16(22)15-5-2-6-19-20-15/h1-6,9,23H,7-8,10-12H2/t17-/m1/s1. The van der Waals surface area contributed by atoms with E-state index in [1.807, 2.05) is 0 Å². The van der Waals surface area contributed by atoms with Gasteiger partial charge in [0, 0.05) is 18.8 Å². The number of benzene rings is 1. The number of amides is 1. The van der Waals surface area contributed by atoms with Crippen LogP contribution < -0.4 is 4.74 Å². The molecule has 0 bridgehead atoms. The van der Waals surface area contributed by atoms with E-state index in [4.69, 9.17) is 9.47 Å². The van der Waals surface area contributed by atoms with Gasteiger partial charge in [0.1, 0.15) is 23.8 Å². The molecule has 8 heteroatoms. The van der Waals surface area contributed by atoms with Crippen LogP contribution >= 0.6 is 0 Å². The van der Waals surface area contributed by atoms with Crippen LogP contribution in [0.15, 0.2) is 42.6 Å². The number of nitrogens with zero attached hydrogens (tertiary/aromatic N) is 3. The molecule has 1 aromatic heterocycles. The molecule has 0 radical (unpaired) electrons. The molecule has 0 unspecified atom stereocenters. The minimum Gasteiger partial charge on any atom is -0.490 e. The molecule has 132 valence electrons. The fraction of sp³-hybridized carbons (Fsp3) is 0.353. The Hall–Kier alpha value is -2.58. The van der Waals surface area contributed by atoms with Gasteiger partial charge in [-0.05, 0) is 24.3 Å². The van der Waals surface area contributed by atoms with E-state index in [1.54, 1.807) is 18.2 Å². The predicted octanol–water partition coefficient (Wildman–Crippen LogP) is 0.898. The summed E-state index contributed by atoms with van der Waals surface area (Å²) < 4.78 is 24.1. The first-order valence-electron chi connectivity index (χ1n) is 7.81. The topological polar surface area (TPSA) is 84.8 Å². The summed E-state index contributed by atoms with van der Waals surface area (Å²) in [5.74, 6) is -0.478. The number of aliphatic hydroxyl groups is 1. The van der Waals surface area contributed by atoms with Gasteiger partial charge in [-0.15, -0.1) is 5.10 Å². The van der Waals surface area contributed by atoms with Crippen molar-refractivity contribution in [1.82, 2.24) is 15.1 Å². The van der Waals surface area contributed by atoms with E-state index in [0.29, 0.717) is 12.3 Å². The van der Waals surface area contributed by atoms with E-state index in [9.17, 15) is 14.3 Å². The molecule has 1 aliphatic heterocycles. The van der Waals surface area contributed by atoms with Crippen LogP contribution in [0.1, 0.15) is 10.5 Å². The van der Waals surface area contributed by atoms with Gasteiger partial charge in [-0.2, -0.15) is 5.10 Å². The highest BCUT2D eigenvalue weighted by Gasteiger charge is 2.36. The second-order valence-electron chi connectivity index (χ2n) is 5.86. The molecule has 0 spiro atoms. The van der Waals surface area contributed by atoms with Crippen LogP contribution in [0.3, 0.4) is 0 Å². The molecule has 7 nitrogen and oxygen atoms in total. The molecule has 1 N–H and O–H groups in total. The Morgan fingerprint density at radius 3 is 3.04 bits per heavy atom. The Kier molecular flexibility index (Phi) is 5.20. The third-order valence-corrected chi connectivity index (χ3v) is 3.74. The van der Waals surface area contributed by atoms with Crippen molar-refractivity contribution in [2.24, 2.45) is 0 Å². The maximum absolute atomic E-state index is 13.2. The molecule has 1 fully saturated rings. The lowest BCUT2D eigenvalue weighted by molar-refractivity contribution is -0.0621. The number of β-amino-alcohol motifs (C(OH)–C–C–N with tert-alkyl or cyclic N) is 1. The second-order valence-corrected chi connectivity index (χ2v) is 5.86. The Bertz CT molecular complexity index is 731. The van der Waals surface area contributed by atoms with E-state index in [1.165, 1.54) is 29.3 Å². The molecular formula is C17H18FN3O4. The van der Waals surface area contributed by atoms with E-state index < -0.39 is 11.4 Å². The van der Waals surface area contributed by atoms with Gasteiger partial charge in [0.05, 0.1) is 19.8 Å². The van der Waals surface area contributed by atoms with E-state index in [0.717, 1.165) is 0 Å². The summed E-state index contributed by atoms with van der Waals surface area (Å²) in [6, 6.07) is 8.81. The number of aromatic nitrogens is 2. The summed E-state index contributed by atoms with van der Waals surface area (Å²) in [6.07, 6.45) is 1.48. The monoisotopic (exact) mass is 347 g/mol. The molecule has 1 aliphatic rings. The van der Waals surface area contributed by atoms with Crippen molar-refractivity contribution in [1.29, 1.82) is 0 Å². The highest BCUT2D eigenvalue weighted by molar-refractivity contribution is 5.92. The van der Waals surface area contributed by atoms with Crippen molar-refractivity contribution in [2.75, 3.05) is 32.9 Å². The average molecular weight is 347 g/mol. The first kappa shape index (κ1) is 17.2. The third-order valence-electron chi connectivity index (χ3n) is 3.74. The Morgan fingerprint density at radius 1 is 1.40 bits per heavy atom. The average Bonchev–Trinajstić information content (AvgIpc) is 2.83. The van der Waals surface area contributed by atoms with Gasteiger partial charge in [0.25, 0.3) is 5.91 Å². The SMILES string of the molecule is O=C(c1cccnn1)N1CCOC[C@@](O)(COc2cccc(F)c2)C1. The van der Waals surface area contributed by atoms with Crippen LogP contribution in [-0.2, 0) is 4.74 Å². The van der Waals surface area contributed by atoms with Crippen molar-refractivity contribution in [2.45, 2.75) is 5.60 Å². The van der Waals surface area contributed by atoms with Gasteiger partial charge >= 0.3 is 0 Å². The summed E-state index contributed by atoms with van der Waals surface area (Å²) >= 11 is 0. The second kappa shape index (κ2) is 7.54. The summed E-state index contributed by atoms with van der Waals surface area (Å²) in [7, 11) is 0. The zero-order chi connectivity index (χ0) is 17.7. The fourth-order valence-electron chi connectivity index (χ4n) is 2.53. The molecule has 25 heavy (non-hydrogen) atoms. The predicted molar refractivity (Wildman–Crippen MR) is 85.6 cm³/mol. The van der Waals surface area contributed by atoms with E-state index in [-0.39, 0.29) is 38.0 Å². The maximum atomic E-state index is 13.2. The molecule has 3 rings (SSSR count). The summed E-state index contributed by atoms with van der Waals surface area (Å²) in [5.41, 5.74) is -1.22. The molecule has 1 saturated heterocycles. The van der Waals surface area contributed by atoms with Crippen molar-refractivity contribution >= 4 is 5.91 Å². The van der Waals surface area contributed by atoms with Crippen LogP contribution in [0, 0.1) is 5.82 Å². The molecule has 2 heterocycles. The number of hydrogen-bond donors (Lipinski definition) is 1. The maximum Gasteiger partial charge on any atom is 0.274 e. The number of halogens is 1. The quantitative estimate of drug-likeness (QED) is 0.885. The van der Waals surface area contributed by atoms with Crippen LogP contribution in [0.5, 0.6) is 5.75 Å². The number of carbonyl (C=O) groups excluding carboxylic acids is 1. The number of rotatable bonds is 4. The van der Waals surface area contributed by atoms with Crippen molar-refractivity contribution < 1.29 is 23.8 Å². The van der Waals surface area contributed by atoms with Gasteiger partial charge < -0.3 is 19.5 Å². The van der Waals surface area contributed by atoms with Crippen molar-refractivity contribution in [3.8, 4) is 5.75 Å². The number of ether oxygens (including phenoxy) is 2. The van der Waals surface area contributed by atoms with E-state index >= 15 is 0 Å². The lowest BCUT2D eigenvalue weighted by Gasteiger charge is -2.30. The van der Waals surface area contributed by atoms with Gasteiger partial charge in [-0.3, -0.25) is 4.79 Å². The zero-order valence-electron chi connectivity index (χ0n) is 13.5. The fourth-order valence-corrected chi connectivity index (χ4v) is 2.53. The smallest absolute Gasteiger partial charge is 0.274 e. The van der Waals surface area contributed by atoms with E-state index in [2.05, 4.69) is 10.2 Å². The third kappa shape index (κ3) is 4.49. The Morgan fingerprint density at radius 2 is 2.28 bits per heavy atom. The lowest BCUT2D eigenvalue weighted by Crippen LogP contribution is -2.50. The first-order valence-corrected chi connectivity index (χ1v) is 7.81. The molecular weight excluding hydrogens is 329 g/mol. The van der Waals surface area contributed by atoms with Crippen molar-refractivity contribution in [3.05, 3.63) is 54.1 Å². The van der Waals surface area contributed by atoms with Gasteiger partial charge in [-0.25, -0.2) is 4.39 Å². The first-order chi connectivity index (χ1) is 12.1. The van der Waals surface area contributed by atoms with Crippen LogP contribution in [0.4, 0.5) is 4.39 Å². The molecule has 1 atom stereocenters. The minimum atomic E-state index is -1.42. The Balaban J connectivity index is 1.69. The van der Waals surface area contributed by atoms with Crippen LogP contribution in [-0.4, -0.2) is 64.6 Å². The molecule has 1 aromatic carbocycles. The molecule has 1 amide bonds. The normalized spacial score (nSPS) is 20.8. The van der Waals surface area contributed by atoms with Gasteiger partial charge in [-0.1, -0.05) is 6.07 Å². The van der Waals surface area contributed by atoms with Crippen molar-refractivity contribution in [3.63, 3.8) is 0 Å². The van der Waals surface area contributed by atoms with Crippen LogP contribution in [0.25, 0.3) is 0 Å². The van der Waals surface area contributed by atoms with Gasteiger partial charge in [0.2, 0.25) is 0 Å². The summed E-state index contributed by atoms with van der Waals surface area (Å²) in [6.45, 7) is 0.483. The van der Waals surface area contributed by atoms with Gasteiger partial charge in [0.15, 0.2) is 5.69 Å². The minimum absolute atomic E-state index is 0.00651. The highest BCUT2D eigenvalue weighted by Crippen LogP contribution is 2.18. The zero-order valence-corrected chi connectivity index (χ0v) is 13.5. The largest absolute Gasteiger partial charge is 0.490 e. The Labute approximate surface area is 144 Å². The number of carbonyl (C=O) groups is 1. The lowest BCUT2D eigenvalue weighted by atomic mass is 10.1.